The fourth-order valence-electron chi connectivity index (χ4n) is 2.13. The highest BCUT2D eigenvalue weighted by Crippen LogP contribution is 2.10. The lowest BCUT2D eigenvalue weighted by molar-refractivity contribution is 0.0531. The van der Waals surface area contributed by atoms with Gasteiger partial charge in [0.15, 0.2) is 0 Å². The molecule has 0 aliphatic carbocycles. The van der Waals surface area contributed by atoms with Crippen LogP contribution in [-0.2, 0) is 22.6 Å². The van der Waals surface area contributed by atoms with Crippen LogP contribution >= 0.6 is 0 Å². The van der Waals surface area contributed by atoms with Gasteiger partial charge in [0.25, 0.3) is 0 Å². The maximum atomic E-state index is 12.0. The monoisotopic (exact) mass is 278 g/mol. The van der Waals surface area contributed by atoms with Crippen molar-refractivity contribution in [2.75, 3.05) is 32.9 Å². The first kappa shape index (κ1) is 14.8. The van der Waals surface area contributed by atoms with Gasteiger partial charge in [0.1, 0.15) is 0 Å². The summed E-state index contributed by atoms with van der Waals surface area (Å²) < 4.78 is 10.7. The Balaban J connectivity index is 1.87. The lowest BCUT2D eigenvalue weighted by Gasteiger charge is -2.27. The highest BCUT2D eigenvalue weighted by molar-refractivity contribution is 5.74. The molecule has 0 atom stereocenters. The Hall–Kier alpha value is -1.59. The molecule has 1 aliphatic rings. The summed E-state index contributed by atoms with van der Waals surface area (Å²) in [5.74, 6) is 0. The molecule has 110 valence electrons. The fraction of sp³-hybridized carbons (Fsp3) is 0.533. The summed E-state index contributed by atoms with van der Waals surface area (Å²) in [6.45, 7) is 6.33. The van der Waals surface area contributed by atoms with E-state index in [1.807, 2.05) is 31.2 Å². The predicted octanol–water partition coefficient (Wildman–Crippen LogP) is 1.76. The van der Waals surface area contributed by atoms with Crippen molar-refractivity contribution in [3.05, 3.63) is 35.4 Å². The zero-order valence-corrected chi connectivity index (χ0v) is 11.9. The molecule has 0 radical (unpaired) electrons. The van der Waals surface area contributed by atoms with Gasteiger partial charge in [-0.2, -0.15) is 0 Å². The Labute approximate surface area is 119 Å². The average molecular weight is 278 g/mol. The van der Waals surface area contributed by atoms with Crippen LogP contribution in [0.5, 0.6) is 0 Å². The van der Waals surface area contributed by atoms with Crippen LogP contribution in [0, 0.1) is 0 Å². The second kappa shape index (κ2) is 7.87. The van der Waals surface area contributed by atoms with E-state index in [1.54, 1.807) is 4.90 Å². The van der Waals surface area contributed by atoms with Crippen molar-refractivity contribution in [2.24, 2.45) is 0 Å². The van der Waals surface area contributed by atoms with Gasteiger partial charge in [-0.25, -0.2) is 4.79 Å². The molecule has 5 heteroatoms. The normalized spacial score (nSPS) is 15.2. The largest absolute Gasteiger partial charge is 0.378 e. The fourth-order valence-corrected chi connectivity index (χ4v) is 2.13. The van der Waals surface area contributed by atoms with E-state index in [-0.39, 0.29) is 6.03 Å². The molecule has 5 nitrogen and oxygen atoms in total. The van der Waals surface area contributed by atoms with Crippen LogP contribution in [0.2, 0.25) is 0 Å². The van der Waals surface area contributed by atoms with Crippen LogP contribution < -0.4 is 5.32 Å². The van der Waals surface area contributed by atoms with Crippen molar-refractivity contribution in [3.63, 3.8) is 0 Å². The third kappa shape index (κ3) is 4.21. The van der Waals surface area contributed by atoms with Gasteiger partial charge in [-0.05, 0) is 18.1 Å². The minimum atomic E-state index is -0.0282. The molecule has 0 spiro atoms. The molecule has 20 heavy (non-hydrogen) atoms. The van der Waals surface area contributed by atoms with Crippen molar-refractivity contribution < 1.29 is 14.3 Å². The maximum Gasteiger partial charge on any atom is 0.317 e. The van der Waals surface area contributed by atoms with Crippen molar-refractivity contribution in [3.8, 4) is 0 Å². The van der Waals surface area contributed by atoms with Gasteiger partial charge in [-0.3, -0.25) is 0 Å². The second-order valence-corrected chi connectivity index (χ2v) is 4.66. The lowest BCUT2D eigenvalue weighted by atomic mass is 10.1. The van der Waals surface area contributed by atoms with Crippen LogP contribution in [0.25, 0.3) is 0 Å². The summed E-state index contributed by atoms with van der Waals surface area (Å²) in [5.41, 5.74) is 2.22. The van der Waals surface area contributed by atoms with E-state index < -0.39 is 0 Å². The van der Waals surface area contributed by atoms with Gasteiger partial charge in [0, 0.05) is 26.2 Å². The molecule has 0 aromatic heterocycles. The number of carbonyl (C=O) groups excluding carboxylic acids is 1. The Morgan fingerprint density at radius 1 is 1.30 bits per heavy atom. The smallest absolute Gasteiger partial charge is 0.317 e. The number of rotatable bonds is 5. The standard InChI is InChI=1S/C15H22N2O3/c1-2-19-12-14-6-4-3-5-13(14)11-16-15(18)17-7-9-20-10-8-17/h3-6H,2,7-12H2,1H3,(H,16,18). The molecule has 1 aliphatic heterocycles. The molecule has 1 fully saturated rings. The first-order valence-electron chi connectivity index (χ1n) is 7.06. The minimum Gasteiger partial charge on any atom is -0.378 e. The van der Waals surface area contributed by atoms with Crippen LogP contribution in [0.15, 0.2) is 24.3 Å². The number of hydrogen-bond acceptors (Lipinski definition) is 3. The Bertz CT molecular complexity index is 431. The number of hydrogen-bond donors (Lipinski definition) is 1. The number of nitrogens with zero attached hydrogens (tertiary/aromatic N) is 1. The molecular weight excluding hydrogens is 256 g/mol. The minimum absolute atomic E-state index is 0.0282. The predicted molar refractivity (Wildman–Crippen MR) is 76.4 cm³/mol. The quantitative estimate of drug-likeness (QED) is 0.893. The molecule has 2 amide bonds. The van der Waals surface area contributed by atoms with Gasteiger partial charge in [0.2, 0.25) is 0 Å². The molecule has 0 bridgehead atoms. The maximum absolute atomic E-state index is 12.0. The number of benzene rings is 1. The Kier molecular flexibility index (Phi) is 5.83. The van der Waals surface area contributed by atoms with Crippen LogP contribution in [-0.4, -0.2) is 43.8 Å². The molecule has 1 N–H and O–H groups in total. The number of amides is 2. The molecule has 1 aromatic carbocycles. The number of morpholine rings is 1. The third-order valence-corrected chi connectivity index (χ3v) is 3.31. The van der Waals surface area contributed by atoms with Gasteiger partial charge < -0.3 is 19.7 Å². The van der Waals surface area contributed by atoms with Crippen LogP contribution in [0.3, 0.4) is 0 Å². The molecule has 2 rings (SSSR count). The van der Waals surface area contributed by atoms with Crippen molar-refractivity contribution in [2.45, 2.75) is 20.1 Å². The van der Waals surface area contributed by atoms with E-state index in [0.29, 0.717) is 46.1 Å². The van der Waals surface area contributed by atoms with Crippen molar-refractivity contribution in [1.82, 2.24) is 10.2 Å². The third-order valence-electron chi connectivity index (χ3n) is 3.31. The summed E-state index contributed by atoms with van der Waals surface area (Å²) >= 11 is 0. The zero-order chi connectivity index (χ0) is 14.2. The van der Waals surface area contributed by atoms with E-state index in [4.69, 9.17) is 9.47 Å². The van der Waals surface area contributed by atoms with Crippen molar-refractivity contribution in [1.29, 1.82) is 0 Å². The zero-order valence-electron chi connectivity index (χ0n) is 11.9. The SMILES string of the molecule is CCOCc1ccccc1CNC(=O)N1CCOCC1. The van der Waals surface area contributed by atoms with Crippen LogP contribution in [0.1, 0.15) is 18.1 Å². The number of nitrogens with one attached hydrogen (secondary N) is 1. The first-order valence-corrected chi connectivity index (χ1v) is 7.06. The molecule has 1 heterocycles. The average Bonchev–Trinajstić information content (AvgIpc) is 2.52. The Morgan fingerprint density at radius 2 is 2.00 bits per heavy atom. The van der Waals surface area contributed by atoms with Gasteiger partial charge >= 0.3 is 6.03 Å². The molecular formula is C15H22N2O3. The molecule has 1 aromatic rings. The summed E-state index contributed by atoms with van der Waals surface area (Å²) in [6, 6.07) is 7.99. The summed E-state index contributed by atoms with van der Waals surface area (Å²) in [6.07, 6.45) is 0. The lowest BCUT2D eigenvalue weighted by Crippen LogP contribution is -2.45. The molecule has 1 saturated heterocycles. The van der Waals surface area contributed by atoms with Gasteiger partial charge in [-0.1, -0.05) is 24.3 Å². The Morgan fingerprint density at radius 3 is 2.70 bits per heavy atom. The van der Waals surface area contributed by atoms with Gasteiger partial charge in [0.05, 0.1) is 19.8 Å². The van der Waals surface area contributed by atoms with Gasteiger partial charge in [-0.15, -0.1) is 0 Å². The second-order valence-electron chi connectivity index (χ2n) is 4.66. The molecule has 0 unspecified atom stereocenters. The number of urea groups is 1. The number of carbonyl (C=O) groups is 1. The summed E-state index contributed by atoms with van der Waals surface area (Å²) in [5, 5.41) is 2.96. The van der Waals surface area contributed by atoms with E-state index in [2.05, 4.69) is 5.32 Å². The van der Waals surface area contributed by atoms with E-state index in [0.717, 1.165) is 11.1 Å². The van der Waals surface area contributed by atoms with E-state index >= 15 is 0 Å². The summed E-state index contributed by atoms with van der Waals surface area (Å²) in [4.78, 5) is 13.8. The highest BCUT2D eigenvalue weighted by Gasteiger charge is 2.16. The number of ether oxygens (including phenoxy) is 2. The van der Waals surface area contributed by atoms with Crippen molar-refractivity contribution >= 4 is 6.03 Å². The topological polar surface area (TPSA) is 50.8 Å². The van der Waals surface area contributed by atoms with Crippen LogP contribution in [0.4, 0.5) is 4.79 Å². The van der Waals surface area contributed by atoms with E-state index in [9.17, 15) is 4.79 Å². The first-order chi connectivity index (χ1) is 9.81. The highest BCUT2D eigenvalue weighted by atomic mass is 16.5. The van der Waals surface area contributed by atoms with E-state index in [1.165, 1.54) is 0 Å². The summed E-state index contributed by atoms with van der Waals surface area (Å²) in [7, 11) is 0. The molecule has 0 saturated carbocycles.